The molecule has 0 aliphatic heterocycles. The van der Waals surface area contributed by atoms with Crippen molar-refractivity contribution in [1.82, 2.24) is 25.1 Å². The van der Waals surface area contributed by atoms with E-state index in [0.717, 1.165) is 17.1 Å². The minimum absolute atomic E-state index is 0.182. The highest BCUT2D eigenvalue weighted by Gasteiger charge is 2.16. The summed E-state index contributed by atoms with van der Waals surface area (Å²) >= 11 is 6.16. The molecule has 0 bridgehead atoms. The van der Waals surface area contributed by atoms with Crippen LogP contribution in [-0.2, 0) is 6.54 Å². The second-order valence-corrected chi connectivity index (χ2v) is 4.71. The van der Waals surface area contributed by atoms with Gasteiger partial charge < -0.3 is 0 Å². The first-order valence-corrected chi connectivity index (χ1v) is 6.13. The summed E-state index contributed by atoms with van der Waals surface area (Å²) in [6.07, 6.45) is 3.31. The number of aryl methyl sites for hydroxylation is 1. The molecule has 5 nitrogen and oxygen atoms in total. The van der Waals surface area contributed by atoms with E-state index in [2.05, 4.69) is 32.0 Å². The standard InChI is InChI=1S/C12H16ClN5/c1-8-12(13)11(17-16-8)6-18(3)9(2)10-4-5-14-7-15-10/h4-5,7,9H,6H2,1-3H3,(H,16,17)/t9-/m0/s1. The maximum Gasteiger partial charge on any atom is 0.115 e. The molecule has 0 amide bonds. The number of nitrogens with one attached hydrogen (secondary N) is 1. The van der Waals surface area contributed by atoms with Gasteiger partial charge in [0.25, 0.3) is 0 Å². The zero-order valence-electron chi connectivity index (χ0n) is 10.7. The predicted molar refractivity (Wildman–Crippen MR) is 70.2 cm³/mol. The number of hydrogen-bond acceptors (Lipinski definition) is 4. The van der Waals surface area contributed by atoms with E-state index in [9.17, 15) is 0 Å². The lowest BCUT2D eigenvalue weighted by molar-refractivity contribution is 0.245. The molecule has 6 heteroatoms. The fourth-order valence-electron chi connectivity index (χ4n) is 1.72. The van der Waals surface area contributed by atoms with E-state index >= 15 is 0 Å². The van der Waals surface area contributed by atoms with E-state index < -0.39 is 0 Å². The zero-order valence-corrected chi connectivity index (χ0v) is 11.4. The molecule has 96 valence electrons. The largest absolute Gasteiger partial charge is 0.292 e. The van der Waals surface area contributed by atoms with E-state index in [1.54, 1.807) is 12.5 Å². The average molecular weight is 266 g/mol. The number of aromatic amines is 1. The average Bonchev–Trinajstić information content (AvgIpc) is 2.71. The van der Waals surface area contributed by atoms with Crippen LogP contribution in [0.5, 0.6) is 0 Å². The summed E-state index contributed by atoms with van der Waals surface area (Å²) < 4.78 is 0. The molecule has 0 aliphatic carbocycles. The van der Waals surface area contributed by atoms with Gasteiger partial charge in [-0.05, 0) is 27.0 Å². The van der Waals surface area contributed by atoms with Crippen molar-refractivity contribution >= 4 is 11.6 Å². The van der Waals surface area contributed by atoms with Gasteiger partial charge in [0.2, 0.25) is 0 Å². The van der Waals surface area contributed by atoms with Crippen molar-refractivity contribution in [1.29, 1.82) is 0 Å². The molecule has 0 saturated carbocycles. The van der Waals surface area contributed by atoms with Gasteiger partial charge in [0.05, 0.1) is 22.1 Å². The molecule has 1 atom stereocenters. The monoisotopic (exact) mass is 265 g/mol. The Kier molecular flexibility index (Phi) is 3.93. The van der Waals surface area contributed by atoms with Crippen LogP contribution >= 0.6 is 11.6 Å². The molecule has 2 rings (SSSR count). The van der Waals surface area contributed by atoms with Gasteiger partial charge in [-0.15, -0.1) is 0 Å². The first kappa shape index (κ1) is 13.0. The van der Waals surface area contributed by atoms with Gasteiger partial charge in [0.1, 0.15) is 6.33 Å². The van der Waals surface area contributed by atoms with Gasteiger partial charge in [0.15, 0.2) is 0 Å². The molecule has 2 aromatic heterocycles. The number of hydrogen-bond donors (Lipinski definition) is 1. The van der Waals surface area contributed by atoms with Crippen molar-refractivity contribution in [2.75, 3.05) is 7.05 Å². The van der Waals surface area contributed by atoms with Crippen LogP contribution < -0.4 is 0 Å². The van der Waals surface area contributed by atoms with Gasteiger partial charge >= 0.3 is 0 Å². The Morgan fingerprint density at radius 3 is 2.83 bits per heavy atom. The minimum atomic E-state index is 0.182. The lowest BCUT2D eigenvalue weighted by atomic mass is 10.2. The molecule has 0 fully saturated rings. The molecule has 0 aliphatic rings. The van der Waals surface area contributed by atoms with Gasteiger partial charge in [-0.1, -0.05) is 11.6 Å². The molecule has 0 radical (unpaired) electrons. The predicted octanol–water partition coefficient (Wildman–Crippen LogP) is 2.35. The molecule has 1 N–H and O–H groups in total. The molecule has 0 saturated heterocycles. The van der Waals surface area contributed by atoms with Crippen molar-refractivity contribution in [3.8, 4) is 0 Å². The molecular weight excluding hydrogens is 250 g/mol. The number of nitrogens with zero attached hydrogens (tertiary/aromatic N) is 4. The summed E-state index contributed by atoms with van der Waals surface area (Å²) in [4.78, 5) is 10.3. The number of halogens is 1. The number of rotatable bonds is 4. The van der Waals surface area contributed by atoms with Crippen LogP contribution in [0.15, 0.2) is 18.6 Å². The van der Waals surface area contributed by atoms with Crippen LogP contribution in [0.1, 0.15) is 30.0 Å². The summed E-state index contributed by atoms with van der Waals surface area (Å²) in [6, 6.07) is 2.10. The molecule has 0 aromatic carbocycles. The Balaban J connectivity index is 2.08. The molecule has 0 spiro atoms. The van der Waals surface area contributed by atoms with Crippen molar-refractivity contribution < 1.29 is 0 Å². The first-order valence-electron chi connectivity index (χ1n) is 5.75. The fraction of sp³-hybridized carbons (Fsp3) is 0.417. The molecule has 2 aromatic rings. The van der Waals surface area contributed by atoms with Crippen LogP contribution in [0.2, 0.25) is 5.02 Å². The highest BCUT2D eigenvalue weighted by Crippen LogP contribution is 2.22. The van der Waals surface area contributed by atoms with Crippen LogP contribution in [0.3, 0.4) is 0 Å². The van der Waals surface area contributed by atoms with Crippen molar-refractivity contribution in [2.24, 2.45) is 0 Å². The quantitative estimate of drug-likeness (QED) is 0.922. The fourth-order valence-corrected chi connectivity index (χ4v) is 1.86. The Morgan fingerprint density at radius 2 is 2.28 bits per heavy atom. The summed E-state index contributed by atoms with van der Waals surface area (Å²) in [5.41, 5.74) is 2.74. The van der Waals surface area contributed by atoms with Gasteiger partial charge in [-0.3, -0.25) is 10.00 Å². The second kappa shape index (κ2) is 5.46. The van der Waals surface area contributed by atoms with Crippen LogP contribution in [0.4, 0.5) is 0 Å². The maximum atomic E-state index is 6.16. The third-order valence-corrected chi connectivity index (χ3v) is 3.54. The molecular formula is C12H16ClN5. The van der Waals surface area contributed by atoms with E-state index in [0.29, 0.717) is 11.6 Å². The van der Waals surface area contributed by atoms with Crippen LogP contribution in [0, 0.1) is 6.92 Å². The van der Waals surface area contributed by atoms with E-state index in [4.69, 9.17) is 11.6 Å². The van der Waals surface area contributed by atoms with E-state index in [-0.39, 0.29) is 6.04 Å². The molecule has 2 heterocycles. The minimum Gasteiger partial charge on any atom is -0.292 e. The molecule has 18 heavy (non-hydrogen) atoms. The highest BCUT2D eigenvalue weighted by atomic mass is 35.5. The lowest BCUT2D eigenvalue weighted by Crippen LogP contribution is -2.23. The summed E-state index contributed by atoms with van der Waals surface area (Å²) in [7, 11) is 2.02. The van der Waals surface area contributed by atoms with Crippen LogP contribution in [-0.4, -0.2) is 32.1 Å². The van der Waals surface area contributed by atoms with Gasteiger partial charge in [0, 0.05) is 18.8 Å². The van der Waals surface area contributed by atoms with Crippen molar-refractivity contribution in [3.63, 3.8) is 0 Å². The third-order valence-electron chi connectivity index (χ3n) is 3.03. The maximum absolute atomic E-state index is 6.16. The Bertz CT molecular complexity index is 510. The zero-order chi connectivity index (χ0) is 13.1. The van der Waals surface area contributed by atoms with Crippen LogP contribution in [0.25, 0.3) is 0 Å². The summed E-state index contributed by atoms with van der Waals surface area (Å²) in [5.74, 6) is 0. The van der Waals surface area contributed by atoms with E-state index in [1.807, 2.05) is 20.0 Å². The number of H-pyrrole nitrogens is 1. The second-order valence-electron chi connectivity index (χ2n) is 4.33. The summed E-state index contributed by atoms with van der Waals surface area (Å²) in [6.45, 7) is 4.68. The summed E-state index contributed by atoms with van der Waals surface area (Å²) in [5, 5.41) is 7.79. The Morgan fingerprint density at radius 1 is 1.50 bits per heavy atom. The topological polar surface area (TPSA) is 57.7 Å². The Labute approximate surface area is 111 Å². The molecule has 0 unspecified atom stereocenters. The third kappa shape index (κ3) is 2.68. The van der Waals surface area contributed by atoms with Gasteiger partial charge in [-0.25, -0.2) is 9.97 Å². The van der Waals surface area contributed by atoms with Crippen molar-refractivity contribution in [2.45, 2.75) is 26.4 Å². The van der Waals surface area contributed by atoms with Crippen molar-refractivity contribution in [3.05, 3.63) is 40.7 Å². The highest BCUT2D eigenvalue weighted by molar-refractivity contribution is 6.31. The van der Waals surface area contributed by atoms with Gasteiger partial charge in [-0.2, -0.15) is 5.10 Å². The Hall–Kier alpha value is -1.46. The SMILES string of the molecule is Cc1[nH]nc(CN(C)[C@@H](C)c2ccncn2)c1Cl. The first-order chi connectivity index (χ1) is 8.59. The normalized spacial score (nSPS) is 12.9. The number of aromatic nitrogens is 4. The smallest absolute Gasteiger partial charge is 0.115 e. The lowest BCUT2D eigenvalue weighted by Gasteiger charge is -2.23. The van der Waals surface area contributed by atoms with E-state index in [1.165, 1.54) is 0 Å².